The Labute approximate surface area is 157 Å². The Bertz CT molecular complexity index is 585. The number of phenolic OH excluding ortho intramolecular Hbond substituents is 1. The van der Waals surface area contributed by atoms with Gasteiger partial charge < -0.3 is 22.1 Å². The molecule has 0 saturated carbocycles. The minimum absolute atomic E-state index is 0. The topological polar surface area (TPSA) is 24.1 Å². The van der Waals surface area contributed by atoms with Crippen LogP contribution in [-0.4, -0.2) is 5.11 Å². The number of hydrogen-bond donors (Lipinski definition) is 1. The highest BCUT2D eigenvalue weighted by Gasteiger charge is 2.08. The standard InChI is InChI=1S/C21H31NO.BrH/c1-2-3-4-5-6-7-8-9-10-11-16-22-17-12-13-19-18-20(23)14-15-21(19)22;/h12-15,17-18H,2-11,16H2,1H3;1H. The molecule has 24 heavy (non-hydrogen) atoms. The molecule has 0 spiro atoms. The van der Waals surface area contributed by atoms with Crippen molar-refractivity contribution in [2.24, 2.45) is 0 Å². The molecule has 3 heteroatoms. The predicted molar refractivity (Wildman–Crippen MR) is 97.7 cm³/mol. The van der Waals surface area contributed by atoms with Crippen LogP contribution in [0.4, 0.5) is 0 Å². The number of fused-ring (bicyclic) bond motifs is 1. The lowest BCUT2D eigenvalue weighted by atomic mass is 10.1. The first-order valence-electron chi connectivity index (χ1n) is 9.42. The molecule has 134 valence electrons. The molecule has 0 radical (unpaired) electrons. The van der Waals surface area contributed by atoms with Gasteiger partial charge in [0.15, 0.2) is 6.20 Å². The monoisotopic (exact) mass is 393 g/mol. The highest BCUT2D eigenvalue weighted by molar-refractivity contribution is 5.76. The van der Waals surface area contributed by atoms with Crippen LogP contribution in [0.2, 0.25) is 0 Å². The summed E-state index contributed by atoms with van der Waals surface area (Å²) in [5, 5.41) is 10.7. The first-order valence-corrected chi connectivity index (χ1v) is 9.42. The van der Waals surface area contributed by atoms with Crippen LogP contribution in [0.15, 0.2) is 36.5 Å². The third-order valence-electron chi connectivity index (χ3n) is 4.61. The van der Waals surface area contributed by atoms with Gasteiger partial charge in [-0.15, -0.1) is 0 Å². The summed E-state index contributed by atoms with van der Waals surface area (Å²) in [4.78, 5) is 0. The molecule has 1 heterocycles. The van der Waals surface area contributed by atoms with Gasteiger partial charge in [0.05, 0.1) is 5.39 Å². The molecular weight excluding hydrogens is 362 g/mol. The van der Waals surface area contributed by atoms with Gasteiger partial charge in [-0.2, -0.15) is 4.57 Å². The normalized spacial score (nSPS) is 10.7. The number of unbranched alkanes of at least 4 members (excludes halogenated alkanes) is 9. The molecule has 0 aliphatic rings. The Morgan fingerprint density at radius 3 is 2.12 bits per heavy atom. The van der Waals surface area contributed by atoms with E-state index in [1.807, 2.05) is 12.1 Å². The number of aryl methyl sites for hydroxylation is 1. The summed E-state index contributed by atoms with van der Waals surface area (Å²) in [5.74, 6) is 0.342. The fourth-order valence-electron chi connectivity index (χ4n) is 3.23. The van der Waals surface area contributed by atoms with Gasteiger partial charge >= 0.3 is 0 Å². The second-order valence-electron chi connectivity index (χ2n) is 6.63. The van der Waals surface area contributed by atoms with Crippen molar-refractivity contribution in [2.75, 3.05) is 0 Å². The van der Waals surface area contributed by atoms with Crippen molar-refractivity contribution < 1.29 is 26.7 Å². The van der Waals surface area contributed by atoms with E-state index in [2.05, 4.69) is 29.8 Å². The molecule has 2 rings (SSSR count). The van der Waals surface area contributed by atoms with Crippen LogP contribution >= 0.6 is 0 Å². The van der Waals surface area contributed by atoms with E-state index >= 15 is 0 Å². The Kier molecular flexibility index (Phi) is 10.7. The first-order chi connectivity index (χ1) is 11.3. The van der Waals surface area contributed by atoms with Crippen LogP contribution in [-0.2, 0) is 6.54 Å². The van der Waals surface area contributed by atoms with Crippen molar-refractivity contribution in [3.63, 3.8) is 0 Å². The lowest BCUT2D eigenvalue weighted by Crippen LogP contribution is -3.00. The summed E-state index contributed by atoms with van der Waals surface area (Å²) in [6, 6.07) is 9.75. The van der Waals surface area contributed by atoms with Gasteiger partial charge in [0.1, 0.15) is 12.3 Å². The van der Waals surface area contributed by atoms with E-state index in [4.69, 9.17) is 0 Å². The smallest absolute Gasteiger partial charge is 0.212 e. The van der Waals surface area contributed by atoms with Crippen LogP contribution in [0.1, 0.15) is 71.1 Å². The Morgan fingerprint density at radius 1 is 0.833 bits per heavy atom. The SMILES string of the molecule is CCCCCCCCCCCC[n+]1cccc2cc(O)ccc21.[Br-]. The highest BCUT2D eigenvalue weighted by atomic mass is 79.9. The molecule has 0 unspecified atom stereocenters. The molecule has 0 aliphatic heterocycles. The molecule has 1 aromatic carbocycles. The molecule has 0 saturated heterocycles. The van der Waals surface area contributed by atoms with E-state index in [-0.39, 0.29) is 17.0 Å². The number of nitrogens with zero attached hydrogens (tertiary/aromatic N) is 1. The minimum Gasteiger partial charge on any atom is -1.00 e. The van der Waals surface area contributed by atoms with Gasteiger partial charge in [0, 0.05) is 18.6 Å². The molecule has 1 aromatic heterocycles. The third-order valence-corrected chi connectivity index (χ3v) is 4.61. The number of pyridine rings is 1. The molecule has 0 amide bonds. The van der Waals surface area contributed by atoms with Crippen molar-refractivity contribution in [1.82, 2.24) is 0 Å². The van der Waals surface area contributed by atoms with Gasteiger partial charge in [-0.1, -0.05) is 58.3 Å². The van der Waals surface area contributed by atoms with Crippen molar-refractivity contribution in [3.05, 3.63) is 36.5 Å². The van der Waals surface area contributed by atoms with E-state index in [1.54, 1.807) is 6.07 Å². The number of phenols is 1. The zero-order chi connectivity index (χ0) is 16.3. The lowest BCUT2D eigenvalue weighted by Gasteiger charge is -2.03. The minimum atomic E-state index is 0. The van der Waals surface area contributed by atoms with E-state index in [0.717, 1.165) is 11.9 Å². The van der Waals surface area contributed by atoms with Gasteiger partial charge in [0.2, 0.25) is 5.52 Å². The zero-order valence-electron chi connectivity index (χ0n) is 15.0. The van der Waals surface area contributed by atoms with Crippen LogP contribution < -0.4 is 21.5 Å². The average Bonchev–Trinajstić information content (AvgIpc) is 2.56. The van der Waals surface area contributed by atoms with Gasteiger partial charge in [-0.05, 0) is 24.6 Å². The summed E-state index contributed by atoms with van der Waals surface area (Å²) in [5.41, 5.74) is 1.21. The number of aromatic nitrogens is 1. The molecule has 0 bridgehead atoms. The molecule has 2 aromatic rings. The quantitative estimate of drug-likeness (QED) is 0.460. The number of benzene rings is 1. The Balaban J connectivity index is 0.00000288. The fourth-order valence-corrected chi connectivity index (χ4v) is 3.23. The van der Waals surface area contributed by atoms with E-state index < -0.39 is 0 Å². The molecule has 1 N–H and O–H groups in total. The molecular formula is C21H32BrNO. The third kappa shape index (κ3) is 7.21. The summed E-state index contributed by atoms with van der Waals surface area (Å²) < 4.78 is 2.31. The van der Waals surface area contributed by atoms with Gasteiger partial charge in [0.25, 0.3) is 0 Å². The summed E-state index contributed by atoms with van der Waals surface area (Å²) in [6.45, 7) is 3.34. The van der Waals surface area contributed by atoms with Crippen molar-refractivity contribution in [2.45, 2.75) is 77.7 Å². The number of hydrogen-bond acceptors (Lipinski definition) is 1. The molecule has 2 nitrogen and oxygen atoms in total. The second kappa shape index (κ2) is 12.3. The zero-order valence-corrected chi connectivity index (χ0v) is 16.6. The largest absolute Gasteiger partial charge is 1.00 e. The van der Waals surface area contributed by atoms with Gasteiger partial charge in [-0.3, -0.25) is 0 Å². The lowest BCUT2D eigenvalue weighted by molar-refractivity contribution is -0.671. The number of rotatable bonds is 11. The van der Waals surface area contributed by atoms with Crippen LogP contribution in [0, 0.1) is 0 Å². The predicted octanol–water partition coefficient (Wildman–Crippen LogP) is 2.76. The molecule has 0 atom stereocenters. The fraction of sp³-hybridized carbons (Fsp3) is 0.571. The molecule has 0 aliphatic carbocycles. The number of halogens is 1. The van der Waals surface area contributed by atoms with Crippen molar-refractivity contribution in [3.8, 4) is 5.75 Å². The van der Waals surface area contributed by atoms with Crippen LogP contribution in [0.5, 0.6) is 5.75 Å². The Morgan fingerprint density at radius 2 is 1.46 bits per heavy atom. The van der Waals surface area contributed by atoms with E-state index in [0.29, 0.717) is 5.75 Å². The maximum atomic E-state index is 9.58. The maximum Gasteiger partial charge on any atom is 0.212 e. The van der Waals surface area contributed by atoms with Crippen LogP contribution in [0.3, 0.4) is 0 Å². The van der Waals surface area contributed by atoms with Crippen LogP contribution in [0.25, 0.3) is 10.9 Å². The summed E-state index contributed by atoms with van der Waals surface area (Å²) in [7, 11) is 0. The van der Waals surface area contributed by atoms with Crippen molar-refractivity contribution >= 4 is 10.9 Å². The highest BCUT2D eigenvalue weighted by Crippen LogP contribution is 2.17. The average molecular weight is 394 g/mol. The maximum absolute atomic E-state index is 9.58. The second-order valence-corrected chi connectivity index (χ2v) is 6.63. The van der Waals surface area contributed by atoms with Gasteiger partial charge in [-0.25, -0.2) is 0 Å². The summed E-state index contributed by atoms with van der Waals surface area (Å²) in [6.07, 6.45) is 15.9. The van der Waals surface area contributed by atoms with E-state index in [1.165, 1.54) is 69.7 Å². The summed E-state index contributed by atoms with van der Waals surface area (Å²) >= 11 is 0. The Hall–Kier alpha value is -1.09. The first kappa shape index (κ1) is 21.0. The molecule has 0 fully saturated rings. The van der Waals surface area contributed by atoms with Crippen molar-refractivity contribution in [1.29, 1.82) is 0 Å². The number of aromatic hydroxyl groups is 1. The van der Waals surface area contributed by atoms with E-state index in [9.17, 15) is 5.11 Å².